The number of ether oxygens (including phenoxy) is 2. The van der Waals surface area contributed by atoms with Crippen LogP contribution in [0.3, 0.4) is 0 Å². The van der Waals surface area contributed by atoms with Gasteiger partial charge in [-0.2, -0.15) is 0 Å². The Kier molecular flexibility index (Phi) is 1.57. The Morgan fingerprint density at radius 2 is 2.44 bits per heavy atom. The highest BCUT2D eigenvalue weighted by Gasteiger charge is 2.31. The molecule has 1 aliphatic rings. The standard InChI is InChI=1S/C5H9NO3/c1-6(4-3-9-4)5(7)8-2/h4H,3H2,1-2H3. The smallest absolute Gasteiger partial charge is 0.411 e. The lowest BCUT2D eigenvalue weighted by Gasteiger charge is -2.10. The molecule has 4 heteroatoms. The van der Waals surface area contributed by atoms with Gasteiger partial charge in [-0.15, -0.1) is 0 Å². The molecular formula is C5H9NO3. The summed E-state index contributed by atoms with van der Waals surface area (Å²) in [6.07, 6.45) is -0.394. The van der Waals surface area contributed by atoms with Crippen molar-refractivity contribution in [2.45, 2.75) is 6.23 Å². The number of carbonyl (C=O) groups excluding carboxylic acids is 1. The quantitative estimate of drug-likeness (QED) is 0.472. The van der Waals surface area contributed by atoms with Gasteiger partial charge >= 0.3 is 6.09 Å². The van der Waals surface area contributed by atoms with Crippen LogP contribution in [0.4, 0.5) is 4.79 Å². The molecule has 0 N–H and O–H groups in total. The zero-order chi connectivity index (χ0) is 6.85. The number of nitrogens with zero attached hydrogens (tertiary/aromatic N) is 1. The van der Waals surface area contributed by atoms with Crippen LogP contribution in [-0.2, 0) is 9.47 Å². The summed E-state index contributed by atoms with van der Waals surface area (Å²) in [5.41, 5.74) is 0. The van der Waals surface area contributed by atoms with E-state index in [9.17, 15) is 4.79 Å². The average Bonchev–Trinajstić information content (AvgIpc) is 2.66. The first-order chi connectivity index (χ1) is 4.25. The van der Waals surface area contributed by atoms with Gasteiger partial charge in [-0.05, 0) is 0 Å². The predicted octanol–water partition coefficient (Wildman–Crippen LogP) is 0.0409. The Morgan fingerprint density at radius 3 is 2.78 bits per heavy atom. The Labute approximate surface area is 53.3 Å². The first-order valence-electron chi connectivity index (χ1n) is 2.68. The lowest BCUT2D eigenvalue weighted by atomic mass is 10.7. The Balaban J connectivity index is 2.30. The Hall–Kier alpha value is -0.770. The first kappa shape index (κ1) is 6.35. The molecule has 0 aromatic rings. The van der Waals surface area contributed by atoms with Crippen molar-refractivity contribution in [3.8, 4) is 0 Å². The van der Waals surface area contributed by atoms with E-state index in [-0.39, 0.29) is 12.3 Å². The molecule has 52 valence electrons. The van der Waals surface area contributed by atoms with Gasteiger partial charge in [0.05, 0.1) is 13.7 Å². The molecular weight excluding hydrogens is 122 g/mol. The summed E-state index contributed by atoms with van der Waals surface area (Å²) in [6, 6.07) is 0. The molecule has 1 heterocycles. The van der Waals surface area contributed by atoms with Gasteiger partial charge in [-0.1, -0.05) is 0 Å². The molecule has 1 atom stereocenters. The predicted molar refractivity (Wildman–Crippen MR) is 29.9 cm³/mol. The lowest BCUT2D eigenvalue weighted by molar-refractivity contribution is 0.114. The molecule has 1 fully saturated rings. The zero-order valence-corrected chi connectivity index (χ0v) is 5.46. The molecule has 9 heavy (non-hydrogen) atoms. The van der Waals surface area contributed by atoms with E-state index in [0.29, 0.717) is 6.61 Å². The number of epoxide rings is 1. The van der Waals surface area contributed by atoms with E-state index in [2.05, 4.69) is 4.74 Å². The van der Waals surface area contributed by atoms with Gasteiger partial charge in [0, 0.05) is 7.05 Å². The second kappa shape index (κ2) is 2.23. The highest BCUT2D eigenvalue weighted by Crippen LogP contribution is 2.13. The third-order valence-electron chi connectivity index (χ3n) is 1.21. The number of hydrogen-bond donors (Lipinski definition) is 0. The zero-order valence-electron chi connectivity index (χ0n) is 5.46. The fraction of sp³-hybridized carbons (Fsp3) is 0.800. The summed E-state index contributed by atoms with van der Waals surface area (Å²) in [6.45, 7) is 0.631. The number of amides is 1. The van der Waals surface area contributed by atoms with Crippen molar-refractivity contribution in [1.29, 1.82) is 0 Å². The van der Waals surface area contributed by atoms with Crippen LogP contribution in [0.2, 0.25) is 0 Å². The topological polar surface area (TPSA) is 42.1 Å². The number of rotatable bonds is 1. The number of methoxy groups -OCH3 is 1. The van der Waals surface area contributed by atoms with Gasteiger partial charge in [0.15, 0.2) is 6.23 Å². The van der Waals surface area contributed by atoms with Crippen LogP contribution in [0.15, 0.2) is 0 Å². The molecule has 1 rings (SSSR count). The molecule has 0 saturated carbocycles. The van der Waals surface area contributed by atoms with E-state index < -0.39 is 0 Å². The second-order valence-corrected chi connectivity index (χ2v) is 1.87. The number of hydrogen-bond acceptors (Lipinski definition) is 3. The molecule has 0 aromatic carbocycles. The molecule has 1 aliphatic heterocycles. The number of likely N-dealkylation sites (N-methyl/N-ethyl adjacent to an activating group) is 1. The third-order valence-corrected chi connectivity index (χ3v) is 1.21. The van der Waals surface area contributed by atoms with Crippen LogP contribution in [0.1, 0.15) is 0 Å². The van der Waals surface area contributed by atoms with E-state index in [1.807, 2.05) is 0 Å². The number of carbonyl (C=O) groups is 1. The van der Waals surface area contributed by atoms with Gasteiger partial charge in [-0.3, -0.25) is 4.90 Å². The third kappa shape index (κ3) is 1.32. The van der Waals surface area contributed by atoms with Gasteiger partial charge in [0.1, 0.15) is 0 Å². The molecule has 1 unspecified atom stereocenters. The minimum Gasteiger partial charge on any atom is -0.453 e. The van der Waals surface area contributed by atoms with Crippen LogP contribution in [0.5, 0.6) is 0 Å². The van der Waals surface area contributed by atoms with Gasteiger partial charge in [0.2, 0.25) is 0 Å². The van der Waals surface area contributed by atoms with Crippen LogP contribution in [0.25, 0.3) is 0 Å². The maximum absolute atomic E-state index is 10.6. The first-order valence-corrected chi connectivity index (χ1v) is 2.68. The van der Waals surface area contributed by atoms with Crippen molar-refractivity contribution in [3.05, 3.63) is 0 Å². The minimum atomic E-state index is -0.350. The molecule has 0 aliphatic carbocycles. The van der Waals surface area contributed by atoms with E-state index in [1.54, 1.807) is 7.05 Å². The highest BCUT2D eigenvalue weighted by molar-refractivity contribution is 5.67. The van der Waals surface area contributed by atoms with Gasteiger partial charge < -0.3 is 9.47 Å². The van der Waals surface area contributed by atoms with Crippen LogP contribution >= 0.6 is 0 Å². The largest absolute Gasteiger partial charge is 0.453 e. The maximum Gasteiger partial charge on any atom is 0.411 e. The van der Waals surface area contributed by atoms with Crippen molar-refractivity contribution in [3.63, 3.8) is 0 Å². The van der Waals surface area contributed by atoms with Crippen LogP contribution < -0.4 is 0 Å². The van der Waals surface area contributed by atoms with Crippen molar-refractivity contribution in [2.75, 3.05) is 20.8 Å². The summed E-state index contributed by atoms with van der Waals surface area (Å²) < 4.78 is 9.24. The lowest BCUT2D eigenvalue weighted by Crippen LogP contribution is -2.29. The summed E-state index contributed by atoms with van der Waals surface area (Å²) in [4.78, 5) is 12.0. The van der Waals surface area contributed by atoms with Crippen LogP contribution in [-0.4, -0.2) is 38.0 Å². The molecule has 1 saturated heterocycles. The second-order valence-electron chi connectivity index (χ2n) is 1.87. The van der Waals surface area contributed by atoms with Gasteiger partial charge in [-0.25, -0.2) is 4.79 Å². The highest BCUT2D eigenvalue weighted by atomic mass is 16.6. The van der Waals surface area contributed by atoms with E-state index in [0.717, 1.165) is 0 Å². The fourth-order valence-corrected chi connectivity index (χ4v) is 0.528. The van der Waals surface area contributed by atoms with E-state index in [1.165, 1.54) is 12.0 Å². The molecule has 0 radical (unpaired) electrons. The van der Waals surface area contributed by atoms with Crippen molar-refractivity contribution in [2.24, 2.45) is 0 Å². The fourth-order valence-electron chi connectivity index (χ4n) is 0.528. The Bertz CT molecular complexity index is 121. The monoisotopic (exact) mass is 131 g/mol. The van der Waals surface area contributed by atoms with Crippen LogP contribution in [0, 0.1) is 0 Å². The molecule has 0 aromatic heterocycles. The molecule has 0 spiro atoms. The SMILES string of the molecule is COC(=O)N(C)C1CO1. The van der Waals surface area contributed by atoms with E-state index >= 15 is 0 Å². The summed E-state index contributed by atoms with van der Waals surface area (Å²) in [7, 11) is 2.99. The summed E-state index contributed by atoms with van der Waals surface area (Å²) in [5.74, 6) is 0. The molecule has 0 bridgehead atoms. The van der Waals surface area contributed by atoms with Crippen molar-refractivity contribution in [1.82, 2.24) is 4.90 Å². The van der Waals surface area contributed by atoms with Gasteiger partial charge in [0.25, 0.3) is 0 Å². The molecule has 1 amide bonds. The normalized spacial score (nSPS) is 23.1. The summed E-state index contributed by atoms with van der Waals surface area (Å²) >= 11 is 0. The minimum absolute atomic E-state index is 0.0440. The van der Waals surface area contributed by atoms with Crippen molar-refractivity contribution < 1.29 is 14.3 Å². The Morgan fingerprint density at radius 1 is 1.89 bits per heavy atom. The van der Waals surface area contributed by atoms with Crippen molar-refractivity contribution >= 4 is 6.09 Å². The van der Waals surface area contributed by atoms with E-state index in [4.69, 9.17) is 4.74 Å². The average molecular weight is 131 g/mol. The maximum atomic E-state index is 10.6. The molecule has 4 nitrogen and oxygen atoms in total. The summed E-state index contributed by atoms with van der Waals surface area (Å²) in [5, 5.41) is 0.